The van der Waals surface area contributed by atoms with Crippen molar-refractivity contribution in [3.8, 4) is 0 Å². The van der Waals surface area contributed by atoms with Gasteiger partial charge < -0.3 is 0 Å². The average Bonchev–Trinajstić information content (AvgIpc) is 2.04. The highest BCUT2D eigenvalue weighted by molar-refractivity contribution is 6.55. The maximum atomic E-state index is 2.40. The molecule has 0 aliphatic rings. The number of hydrogen-bond donors (Lipinski definition) is 0. The summed E-state index contributed by atoms with van der Waals surface area (Å²) in [6.07, 6.45) is 0. The molecule has 0 aromatic heterocycles. The van der Waals surface area contributed by atoms with Gasteiger partial charge in [0.15, 0.2) is 0 Å². The minimum atomic E-state index is -0.437. The highest BCUT2D eigenvalue weighted by Gasteiger charge is 2.00. The average molecular weight is 192 g/mol. The first-order valence-electron chi connectivity index (χ1n) is 5.18. The Balaban J connectivity index is 2.70. The molecule has 0 nitrogen and oxygen atoms in total. The Morgan fingerprint density at radius 1 is 1.08 bits per heavy atom. The number of benzene rings is 1. The van der Waals surface area contributed by atoms with Gasteiger partial charge in [-0.25, -0.2) is 0 Å². The van der Waals surface area contributed by atoms with Crippen LogP contribution in [0.5, 0.6) is 0 Å². The van der Waals surface area contributed by atoms with Crippen LogP contribution in [0.3, 0.4) is 0 Å². The molecule has 0 unspecified atom stereocenters. The van der Waals surface area contributed by atoms with Gasteiger partial charge in [-0.15, -0.1) is 0 Å². The van der Waals surface area contributed by atoms with Crippen LogP contribution in [-0.4, -0.2) is 8.80 Å². The molecular formula is C12H20Si. The summed E-state index contributed by atoms with van der Waals surface area (Å²) in [5, 5.41) is 0. The van der Waals surface area contributed by atoms with E-state index in [4.69, 9.17) is 0 Å². The van der Waals surface area contributed by atoms with Gasteiger partial charge in [-0.05, 0) is 17.5 Å². The van der Waals surface area contributed by atoms with E-state index >= 15 is 0 Å². The van der Waals surface area contributed by atoms with Crippen LogP contribution in [0.1, 0.15) is 30.9 Å². The molecule has 0 saturated carbocycles. The molecule has 0 aliphatic carbocycles. The number of rotatable bonds is 3. The van der Waals surface area contributed by atoms with Crippen LogP contribution in [0, 0.1) is 0 Å². The molecule has 0 heterocycles. The molecule has 0 bridgehead atoms. The normalized spacial score (nSPS) is 11.2. The van der Waals surface area contributed by atoms with Gasteiger partial charge in [0.05, 0.1) is 0 Å². The monoisotopic (exact) mass is 192 g/mol. The van der Waals surface area contributed by atoms with E-state index in [1.165, 1.54) is 17.2 Å². The van der Waals surface area contributed by atoms with E-state index in [1.54, 1.807) is 0 Å². The molecule has 0 amide bonds. The fourth-order valence-corrected chi connectivity index (χ4v) is 2.72. The molecule has 1 rings (SSSR count). The van der Waals surface area contributed by atoms with Gasteiger partial charge >= 0.3 is 0 Å². The molecule has 1 heteroatoms. The molecule has 0 saturated heterocycles. The van der Waals surface area contributed by atoms with Crippen LogP contribution in [0.2, 0.25) is 13.1 Å². The van der Waals surface area contributed by atoms with E-state index in [9.17, 15) is 0 Å². The van der Waals surface area contributed by atoms with Gasteiger partial charge in [0, 0.05) is 8.80 Å². The molecule has 0 N–H and O–H groups in total. The summed E-state index contributed by atoms with van der Waals surface area (Å²) in [4.78, 5) is 0. The third-order valence-corrected chi connectivity index (χ3v) is 3.58. The Morgan fingerprint density at radius 2 is 1.62 bits per heavy atom. The Morgan fingerprint density at radius 3 is 2.00 bits per heavy atom. The zero-order chi connectivity index (χ0) is 9.84. The lowest BCUT2D eigenvalue weighted by Gasteiger charge is -2.07. The molecule has 0 spiro atoms. The van der Waals surface area contributed by atoms with Crippen molar-refractivity contribution in [1.29, 1.82) is 0 Å². The van der Waals surface area contributed by atoms with E-state index in [0.29, 0.717) is 5.92 Å². The smallest absolute Gasteiger partial charge is 0.0352 e. The summed E-state index contributed by atoms with van der Waals surface area (Å²) in [5.74, 6) is 0.658. The van der Waals surface area contributed by atoms with E-state index in [-0.39, 0.29) is 0 Å². The van der Waals surface area contributed by atoms with E-state index in [2.05, 4.69) is 51.2 Å². The topological polar surface area (TPSA) is 0 Å². The third kappa shape index (κ3) is 3.35. The molecule has 1 aromatic rings. The van der Waals surface area contributed by atoms with Crippen LogP contribution in [0.25, 0.3) is 0 Å². The predicted molar refractivity (Wildman–Crippen MR) is 63.1 cm³/mol. The predicted octanol–water partition coefficient (Wildman–Crippen LogP) is 3.38. The molecule has 1 aromatic carbocycles. The van der Waals surface area contributed by atoms with Crippen molar-refractivity contribution in [2.75, 3.05) is 0 Å². The summed E-state index contributed by atoms with van der Waals surface area (Å²) in [6, 6.07) is 10.5. The second kappa shape index (κ2) is 4.61. The van der Waals surface area contributed by atoms with Crippen LogP contribution >= 0.6 is 0 Å². The molecule has 13 heavy (non-hydrogen) atoms. The van der Waals surface area contributed by atoms with Gasteiger partial charge in [-0.1, -0.05) is 56.8 Å². The summed E-state index contributed by atoms with van der Waals surface area (Å²) >= 11 is 0. The summed E-state index contributed by atoms with van der Waals surface area (Å²) in [5.41, 5.74) is 2.97. The van der Waals surface area contributed by atoms with E-state index in [0.717, 1.165) is 0 Å². The van der Waals surface area contributed by atoms with Crippen LogP contribution in [0.15, 0.2) is 24.3 Å². The summed E-state index contributed by atoms with van der Waals surface area (Å²) < 4.78 is 0. The van der Waals surface area contributed by atoms with Gasteiger partial charge in [-0.2, -0.15) is 0 Å². The van der Waals surface area contributed by atoms with Crippen molar-refractivity contribution < 1.29 is 0 Å². The maximum absolute atomic E-state index is 2.40. The van der Waals surface area contributed by atoms with Crippen LogP contribution in [-0.2, 0) is 6.04 Å². The Kier molecular flexibility index (Phi) is 3.73. The van der Waals surface area contributed by atoms with E-state index < -0.39 is 8.80 Å². The number of hydrogen-bond acceptors (Lipinski definition) is 0. The second-order valence-corrected chi connectivity index (χ2v) is 7.69. The molecule has 0 atom stereocenters. The molecule has 0 fully saturated rings. The third-order valence-electron chi connectivity index (χ3n) is 2.29. The lowest BCUT2D eigenvalue weighted by Crippen LogP contribution is -2.05. The first-order valence-corrected chi connectivity index (χ1v) is 8.31. The van der Waals surface area contributed by atoms with Crippen molar-refractivity contribution in [3.63, 3.8) is 0 Å². The fraction of sp³-hybridized carbons (Fsp3) is 0.500. The van der Waals surface area contributed by atoms with Gasteiger partial charge in [0.1, 0.15) is 0 Å². The fourth-order valence-electron chi connectivity index (χ4n) is 1.51. The van der Waals surface area contributed by atoms with Crippen LogP contribution in [0.4, 0.5) is 0 Å². The minimum Gasteiger partial charge on any atom is -0.0719 e. The first-order chi connectivity index (χ1) is 6.09. The minimum absolute atomic E-state index is 0.437. The molecule has 0 aliphatic heterocycles. The summed E-state index contributed by atoms with van der Waals surface area (Å²) in [7, 11) is -0.437. The van der Waals surface area contributed by atoms with Crippen molar-refractivity contribution in [3.05, 3.63) is 35.4 Å². The largest absolute Gasteiger partial charge is 0.0719 e. The zero-order valence-electron chi connectivity index (χ0n) is 9.17. The quantitative estimate of drug-likeness (QED) is 0.644. The Bertz CT molecular complexity index is 246. The maximum Gasteiger partial charge on any atom is 0.0352 e. The Labute approximate surface area is 83.6 Å². The molecular weight excluding hydrogens is 172 g/mol. The van der Waals surface area contributed by atoms with E-state index in [1.807, 2.05) is 0 Å². The van der Waals surface area contributed by atoms with Crippen molar-refractivity contribution in [2.24, 2.45) is 0 Å². The lowest BCUT2D eigenvalue weighted by molar-refractivity contribution is 0.866. The van der Waals surface area contributed by atoms with Crippen LogP contribution < -0.4 is 0 Å². The van der Waals surface area contributed by atoms with Crippen molar-refractivity contribution in [2.45, 2.75) is 38.9 Å². The second-order valence-electron chi connectivity index (χ2n) is 4.49. The Hall–Kier alpha value is -0.563. The molecule has 0 radical (unpaired) electrons. The standard InChI is InChI=1S/C12H20Si/c1-10(2)12-7-5-11(6-8-12)9-13(3)4/h5-8,10,13H,9H2,1-4H3. The van der Waals surface area contributed by atoms with Gasteiger partial charge in [-0.3, -0.25) is 0 Å². The highest BCUT2D eigenvalue weighted by atomic mass is 28.3. The lowest BCUT2D eigenvalue weighted by atomic mass is 10.0. The SMILES string of the molecule is CC(C)c1ccc(C[SiH](C)C)cc1. The van der Waals surface area contributed by atoms with Gasteiger partial charge in [0.25, 0.3) is 0 Å². The zero-order valence-corrected chi connectivity index (χ0v) is 10.3. The molecule has 72 valence electrons. The highest BCUT2D eigenvalue weighted by Crippen LogP contribution is 2.15. The van der Waals surface area contributed by atoms with Gasteiger partial charge in [0.2, 0.25) is 0 Å². The first kappa shape index (κ1) is 10.5. The van der Waals surface area contributed by atoms with Crippen molar-refractivity contribution >= 4 is 8.80 Å². The van der Waals surface area contributed by atoms with Crippen molar-refractivity contribution in [1.82, 2.24) is 0 Å². The summed E-state index contributed by atoms with van der Waals surface area (Å²) in [6.45, 7) is 9.28.